The van der Waals surface area contributed by atoms with Crippen LogP contribution in [-0.4, -0.2) is 24.0 Å². The molecule has 116 valence electrons. The lowest BCUT2D eigenvalue weighted by molar-refractivity contribution is -0.376. The molecule has 9 heteroatoms. The van der Waals surface area contributed by atoms with Crippen molar-refractivity contribution in [3.05, 3.63) is 29.8 Å². The summed E-state index contributed by atoms with van der Waals surface area (Å²) in [5.41, 5.74) is -6.01. The minimum Gasteiger partial charge on any atom is -0.384 e. The summed E-state index contributed by atoms with van der Waals surface area (Å²) < 4.78 is 75.7. The van der Waals surface area contributed by atoms with E-state index in [1.165, 1.54) is 0 Å². The molecule has 0 saturated heterocycles. The van der Waals surface area contributed by atoms with Crippen LogP contribution in [-0.2, 0) is 5.60 Å². The number of benzene rings is 1. The maximum atomic E-state index is 12.6. The Morgan fingerprint density at radius 3 is 1.86 bits per heavy atom. The van der Waals surface area contributed by atoms with Crippen molar-refractivity contribution in [2.75, 3.05) is 11.9 Å². The molecule has 0 aromatic heterocycles. The lowest BCUT2D eigenvalue weighted by Gasteiger charge is -2.32. The number of nitrogens with zero attached hydrogens (tertiary/aromatic N) is 1. The zero-order chi connectivity index (χ0) is 16.3. The van der Waals surface area contributed by atoms with E-state index < -0.39 is 23.5 Å². The molecule has 2 N–H and O–H groups in total. The van der Waals surface area contributed by atoms with Crippen LogP contribution in [0.2, 0.25) is 0 Å². The number of anilines is 1. The highest BCUT2D eigenvalue weighted by molar-refractivity contribution is 5.46. The Labute approximate surface area is 115 Å². The molecule has 0 unspecified atom stereocenters. The molecule has 1 rings (SSSR count). The highest BCUT2D eigenvalue weighted by Crippen LogP contribution is 2.50. The van der Waals surface area contributed by atoms with Gasteiger partial charge in [-0.3, -0.25) is 0 Å². The molecule has 0 spiro atoms. The largest absolute Gasteiger partial charge is 0.430 e. The van der Waals surface area contributed by atoms with Gasteiger partial charge in [-0.25, -0.2) is 0 Å². The van der Waals surface area contributed by atoms with Crippen LogP contribution < -0.4 is 5.32 Å². The van der Waals surface area contributed by atoms with Gasteiger partial charge in [-0.2, -0.15) is 31.6 Å². The maximum Gasteiger partial charge on any atom is 0.430 e. The number of nitriles is 1. The van der Waals surface area contributed by atoms with E-state index in [-0.39, 0.29) is 18.7 Å². The fourth-order valence-corrected chi connectivity index (χ4v) is 1.58. The number of halogens is 6. The number of rotatable bonds is 4. The van der Waals surface area contributed by atoms with Gasteiger partial charge in [0, 0.05) is 17.8 Å². The fraction of sp³-hybridized carbons (Fsp3) is 0.417. The van der Waals surface area contributed by atoms with Gasteiger partial charge in [-0.1, -0.05) is 12.1 Å². The van der Waals surface area contributed by atoms with Crippen LogP contribution in [0.25, 0.3) is 0 Å². The molecule has 0 fully saturated rings. The van der Waals surface area contributed by atoms with Crippen molar-refractivity contribution in [3.8, 4) is 6.07 Å². The Balaban J connectivity index is 3.10. The van der Waals surface area contributed by atoms with E-state index in [0.717, 1.165) is 12.1 Å². The smallest absolute Gasteiger partial charge is 0.384 e. The predicted molar refractivity (Wildman–Crippen MR) is 61.2 cm³/mol. The molecule has 0 radical (unpaired) electrons. The second-order valence-corrected chi connectivity index (χ2v) is 4.12. The molecule has 0 bridgehead atoms. The molecular formula is C12H10F6N2O. The average Bonchev–Trinajstić information content (AvgIpc) is 2.36. The van der Waals surface area contributed by atoms with Crippen molar-refractivity contribution in [2.24, 2.45) is 0 Å². The van der Waals surface area contributed by atoms with E-state index in [9.17, 15) is 26.3 Å². The highest BCUT2D eigenvalue weighted by Gasteiger charge is 2.71. The first-order chi connectivity index (χ1) is 9.54. The third-order valence-corrected chi connectivity index (χ3v) is 2.69. The van der Waals surface area contributed by atoms with E-state index in [0.29, 0.717) is 12.1 Å². The number of aliphatic hydroxyl groups is 1. The molecule has 0 aliphatic heterocycles. The van der Waals surface area contributed by atoms with E-state index in [1.807, 2.05) is 6.07 Å². The topological polar surface area (TPSA) is 56.0 Å². The molecule has 0 saturated carbocycles. The number of hydrogen-bond donors (Lipinski definition) is 2. The van der Waals surface area contributed by atoms with Crippen LogP contribution >= 0.6 is 0 Å². The van der Waals surface area contributed by atoms with Gasteiger partial charge in [0.15, 0.2) is 0 Å². The average molecular weight is 312 g/mol. The number of nitrogens with one attached hydrogen (secondary N) is 1. The molecule has 0 atom stereocenters. The Kier molecular flexibility index (Phi) is 4.73. The molecular weight excluding hydrogens is 302 g/mol. The molecule has 1 aromatic carbocycles. The summed E-state index contributed by atoms with van der Waals surface area (Å²) in [6.45, 7) is 0.193. The van der Waals surface area contributed by atoms with Crippen molar-refractivity contribution in [3.63, 3.8) is 0 Å². The minimum absolute atomic E-state index is 0.122. The van der Waals surface area contributed by atoms with Gasteiger partial charge in [0.2, 0.25) is 0 Å². The molecule has 1 aromatic rings. The molecule has 0 aliphatic rings. The monoisotopic (exact) mass is 312 g/mol. The predicted octanol–water partition coefficient (Wildman–Crippen LogP) is 3.32. The summed E-state index contributed by atoms with van der Waals surface area (Å²) in [6.07, 6.45) is -11.7. The second-order valence-electron chi connectivity index (χ2n) is 4.12. The summed E-state index contributed by atoms with van der Waals surface area (Å²) in [5, 5.41) is 20.1. The van der Waals surface area contributed by atoms with Crippen LogP contribution in [0.4, 0.5) is 32.0 Å². The van der Waals surface area contributed by atoms with Gasteiger partial charge in [-0.15, -0.1) is 0 Å². The van der Waals surface area contributed by atoms with E-state index in [4.69, 9.17) is 10.4 Å². The van der Waals surface area contributed by atoms with Crippen molar-refractivity contribution >= 4 is 5.69 Å². The fourth-order valence-electron chi connectivity index (χ4n) is 1.58. The van der Waals surface area contributed by atoms with E-state index in [1.54, 1.807) is 0 Å². The third kappa shape index (κ3) is 3.39. The molecule has 3 nitrogen and oxygen atoms in total. The van der Waals surface area contributed by atoms with Gasteiger partial charge >= 0.3 is 12.4 Å². The van der Waals surface area contributed by atoms with E-state index in [2.05, 4.69) is 5.32 Å². The summed E-state index contributed by atoms with van der Waals surface area (Å²) >= 11 is 0. The van der Waals surface area contributed by atoms with Crippen LogP contribution in [0.5, 0.6) is 0 Å². The zero-order valence-corrected chi connectivity index (χ0v) is 10.4. The SMILES string of the molecule is N#CCCNc1ccc(C(O)(C(F)(F)F)C(F)(F)F)cc1. The van der Waals surface area contributed by atoms with Crippen molar-refractivity contribution < 1.29 is 31.4 Å². The van der Waals surface area contributed by atoms with Crippen LogP contribution in [0.1, 0.15) is 12.0 Å². The first-order valence-corrected chi connectivity index (χ1v) is 5.61. The van der Waals surface area contributed by atoms with Crippen LogP contribution in [0.3, 0.4) is 0 Å². The van der Waals surface area contributed by atoms with Gasteiger partial charge in [-0.05, 0) is 12.1 Å². The van der Waals surface area contributed by atoms with Gasteiger partial charge < -0.3 is 10.4 Å². The molecule has 0 amide bonds. The van der Waals surface area contributed by atoms with Crippen LogP contribution in [0, 0.1) is 11.3 Å². The van der Waals surface area contributed by atoms with Gasteiger partial charge in [0.25, 0.3) is 5.60 Å². The minimum atomic E-state index is -5.90. The maximum absolute atomic E-state index is 12.6. The lowest BCUT2D eigenvalue weighted by atomic mass is 9.92. The van der Waals surface area contributed by atoms with Crippen molar-refractivity contribution in [1.29, 1.82) is 5.26 Å². The summed E-state index contributed by atoms with van der Waals surface area (Å²) in [4.78, 5) is 0. The Morgan fingerprint density at radius 1 is 1.00 bits per heavy atom. The molecule has 0 aliphatic carbocycles. The summed E-state index contributed by atoms with van der Waals surface area (Å²) in [7, 11) is 0. The van der Waals surface area contributed by atoms with Crippen molar-refractivity contribution in [1.82, 2.24) is 0 Å². The zero-order valence-electron chi connectivity index (χ0n) is 10.4. The summed E-state index contributed by atoms with van der Waals surface area (Å²) in [5.74, 6) is 0. The van der Waals surface area contributed by atoms with Gasteiger partial charge in [0.05, 0.1) is 12.5 Å². The third-order valence-electron chi connectivity index (χ3n) is 2.69. The number of hydrogen-bond acceptors (Lipinski definition) is 3. The Morgan fingerprint density at radius 2 is 1.48 bits per heavy atom. The Bertz CT molecular complexity index is 501. The van der Waals surface area contributed by atoms with Crippen LogP contribution in [0.15, 0.2) is 24.3 Å². The Hall–Kier alpha value is -1.95. The molecule has 0 heterocycles. The summed E-state index contributed by atoms with van der Waals surface area (Å²) in [6, 6.07) is 4.82. The first kappa shape index (κ1) is 17.1. The lowest BCUT2D eigenvalue weighted by Crippen LogP contribution is -2.53. The van der Waals surface area contributed by atoms with Crippen molar-refractivity contribution in [2.45, 2.75) is 24.4 Å². The first-order valence-electron chi connectivity index (χ1n) is 5.61. The molecule has 21 heavy (non-hydrogen) atoms. The number of alkyl halides is 6. The quantitative estimate of drug-likeness (QED) is 0.662. The normalized spacial score (nSPS) is 12.9. The van der Waals surface area contributed by atoms with E-state index >= 15 is 0 Å². The second kappa shape index (κ2) is 5.81. The highest BCUT2D eigenvalue weighted by atomic mass is 19.4. The standard InChI is InChI=1S/C12H10F6N2O/c13-11(14,15)10(21,12(16,17)18)8-2-4-9(5-3-8)20-7-1-6-19/h2-5,20-21H,1,7H2. The van der Waals surface area contributed by atoms with Gasteiger partial charge in [0.1, 0.15) is 0 Å².